The molecule has 0 bridgehead atoms. The summed E-state index contributed by atoms with van der Waals surface area (Å²) in [4.78, 5) is 10.6. The van der Waals surface area contributed by atoms with Crippen molar-refractivity contribution in [3.05, 3.63) is 12.7 Å². The molecule has 0 saturated heterocycles. The summed E-state index contributed by atoms with van der Waals surface area (Å²) >= 11 is 0. The van der Waals surface area contributed by atoms with Gasteiger partial charge in [0, 0.05) is 13.5 Å². The number of carbonyl (C=O) groups excluding carboxylic acids is 1. The van der Waals surface area contributed by atoms with E-state index in [4.69, 9.17) is 4.43 Å². The Hall–Kier alpha value is -0.413. The maximum absolute atomic E-state index is 10.6. The topological polar surface area (TPSA) is 26.3 Å². The second-order valence-corrected chi connectivity index (χ2v) is 3.81. The minimum Gasteiger partial charge on any atom is -0.427 e. The second kappa shape index (κ2) is 6.70. The van der Waals surface area contributed by atoms with Gasteiger partial charge in [-0.05, 0) is 18.5 Å². The summed E-state index contributed by atoms with van der Waals surface area (Å²) in [7, 11) is 1.41. The largest absolute Gasteiger partial charge is 0.427 e. The minimum absolute atomic E-state index is 0.144. The van der Waals surface area contributed by atoms with Crippen LogP contribution in [0.4, 0.5) is 0 Å². The smallest absolute Gasteiger partial charge is 0.161 e. The Morgan fingerprint density at radius 2 is 2.50 bits per heavy atom. The zero-order chi connectivity index (χ0) is 7.82. The van der Waals surface area contributed by atoms with E-state index in [2.05, 4.69) is 6.58 Å². The van der Waals surface area contributed by atoms with Gasteiger partial charge in [-0.15, -0.1) is 0 Å². The van der Waals surface area contributed by atoms with Crippen molar-refractivity contribution in [1.82, 2.24) is 0 Å². The first-order valence-electron chi connectivity index (χ1n) is 3.45. The van der Waals surface area contributed by atoms with Crippen molar-refractivity contribution in [1.29, 1.82) is 0 Å². The van der Waals surface area contributed by atoms with E-state index in [1.807, 2.05) is 0 Å². The van der Waals surface area contributed by atoms with Gasteiger partial charge in [-0.2, -0.15) is 0 Å². The van der Waals surface area contributed by atoms with E-state index < -0.39 is 0 Å². The first-order chi connectivity index (χ1) is 4.81. The third-order valence-electron chi connectivity index (χ3n) is 1.25. The minimum atomic E-state index is -0.315. The van der Waals surface area contributed by atoms with Gasteiger partial charge in [0.2, 0.25) is 0 Å². The molecule has 0 N–H and O–H groups in total. The summed E-state index contributed by atoms with van der Waals surface area (Å²) < 4.78 is 4.96. The summed E-state index contributed by atoms with van der Waals surface area (Å²) in [6.45, 7) is 3.39. The number of carbonyl (C=O) groups is 1. The number of rotatable bonds is 6. The molecule has 0 fully saturated rings. The van der Waals surface area contributed by atoms with E-state index in [0.29, 0.717) is 6.42 Å². The Kier molecular flexibility index (Phi) is 6.43. The maximum Gasteiger partial charge on any atom is 0.161 e. The van der Waals surface area contributed by atoms with Crippen molar-refractivity contribution in [2.45, 2.75) is 18.9 Å². The highest BCUT2D eigenvalue weighted by Gasteiger charge is 1.94. The summed E-state index contributed by atoms with van der Waals surface area (Å²) in [6, 6.07) is 1.09. The first-order valence-corrected chi connectivity index (χ1v) is 5.03. The zero-order valence-corrected chi connectivity index (χ0v) is 7.84. The van der Waals surface area contributed by atoms with Crippen LogP contribution < -0.4 is 0 Å². The van der Waals surface area contributed by atoms with E-state index in [-0.39, 0.29) is 15.5 Å². The molecule has 0 rings (SSSR count). The zero-order valence-electron chi connectivity index (χ0n) is 6.43. The quantitative estimate of drug-likeness (QED) is 0.323. The normalized spacial score (nSPS) is 10.5. The summed E-state index contributed by atoms with van der Waals surface area (Å²) in [6.07, 6.45) is 2.99. The molecule has 2 nitrogen and oxygen atoms in total. The molecule has 0 atom stereocenters. The van der Waals surface area contributed by atoms with Gasteiger partial charge in [0.15, 0.2) is 15.5 Å². The van der Waals surface area contributed by atoms with Crippen LogP contribution >= 0.6 is 0 Å². The van der Waals surface area contributed by atoms with E-state index in [0.717, 1.165) is 12.5 Å². The predicted octanol–water partition coefficient (Wildman–Crippen LogP) is 0.670. The molecule has 0 aromatic heterocycles. The lowest BCUT2D eigenvalue weighted by Gasteiger charge is -1.94. The van der Waals surface area contributed by atoms with Gasteiger partial charge in [-0.25, -0.2) is 0 Å². The predicted molar refractivity (Wildman–Crippen MR) is 44.8 cm³/mol. The van der Waals surface area contributed by atoms with Gasteiger partial charge in [0.05, 0.1) is 0 Å². The van der Waals surface area contributed by atoms with Crippen molar-refractivity contribution < 1.29 is 9.22 Å². The van der Waals surface area contributed by atoms with Gasteiger partial charge >= 0.3 is 0 Å². The monoisotopic (exact) mass is 158 g/mol. The van der Waals surface area contributed by atoms with E-state index in [1.165, 1.54) is 6.08 Å². The summed E-state index contributed by atoms with van der Waals surface area (Å²) in [5.41, 5.74) is 0. The fourth-order valence-corrected chi connectivity index (χ4v) is 1.39. The standard InChI is InChI=1S/C7H14O2Si/c1-3-7(8)5-4-6-10-9-2/h3H,1,4-6,10H2,2H3. The van der Waals surface area contributed by atoms with Crippen molar-refractivity contribution >= 4 is 15.5 Å². The highest BCUT2D eigenvalue weighted by Crippen LogP contribution is 1.96. The third kappa shape index (κ3) is 5.72. The van der Waals surface area contributed by atoms with Crippen LogP contribution in [0.5, 0.6) is 0 Å². The average Bonchev–Trinajstić information content (AvgIpc) is 1.98. The second-order valence-electron chi connectivity index (χ2n) is 2.12. The van der Waals surface area contributed by atoms with Crippen molar-refractivity contribution in [3.8, 4) is 0 Å². The number of ketones is 1. The molecule has 0 radical (unpaired) electrons. The van der Waals surface area contributed by atoms with Gasteiger partial charge < -0.3 is 4.43 Å². The van der Waals surface area contributed by atoms with Crippen molar-refractivity contribution in [3.63, 3.8) is 0 Å². The molecule has 10 heavy (non-hydrogen) atoms. The van der Waals surface area contributed by atoms with Crippen LogP contribution in [0.25, 0.3) is 0 Å². The van der Waals surface area contributed by atoms with E-state index in [1.54, 1.807) is 7.11 Å². The van der Waals surface area contributed by atoms with Crippen LogP contribution in [-0.4, -0.2) is 22.7 Å². The lowest BCUT2D eigenvalue weighted by Crippen LogP contribution is -1.96. The molecule has 0 spiro atoms. The molecule has 0 aromatic carbocycles. The summed E-state index contributed by atoms with van der Waals surface area (Å²) in [5.74, 6) is 0.144. The lowest BCUT2D eigenvalue weighted by atomic mass is 10.2. The maximum atomic E-state index is 10.6. The number of allylic oxidation sites excluding steroid dienone is 1. The molecule has 0 aliphatic heterocycles. The molecule has 0 unspecified atom stereocenters. The fourth-order valence-electron chi connectivity index (χ4n) is 0.648. The molecule has 0 aliphatic carbocycles. The molecular formula is C7H14O2Si. The fraction of sp³-hybridized carbons (Fsp3) is 0.571. The Morgan fingerprint density at radius 3 is 3.00 bits per heavy atom. The van der Waals surface area contributed by atoms with E-state index in [9.17, 15) is 4.79 Å². The van der Waals surface area contributed by atoms with E-state index >= 15 is 0 Å². The molecule has 0 heterocycles. The highest BCUT2D eigenvalue weighted by atomic mass is 28.2. The third-order valence-corrected chi connectivity index (χ3v) is 2.45. The molecule has 3 heteroatoms. The average molecular weight is 158 g/mol. The van der Waals surface area contributed by atoms with Crippen molar-refractivity contribution in [2.75, 3.05) is 7.11 Å². The van der Waals surface area contributed by atoms with Crippen LogP contribution in [0, 0.1) is 0 Å². The van der Waals surface area contributed by atoms with Crippen LogP contribution in [0.15, 0.2) is 12.7 Å². The van der Waals surface area contributed by atoms with Gasteiger partial charge in [0.25, 0.3) is 0 Å². The Labute approximate surface area is 64.2 Å². The molecular weight excluding hydrogens is 144 g/mol. The Balaban J connectivity index is 3.03. The van der Waals surface area contributed by atoms with Crippen molar-refractivity contribution in [2.24, 2.45) is 0 Å². The first kappa shape index (κ1) is 9.59. The molecule has 0 aromatic rings. The van der Waals surface area contributed by atoms with Gasteiger partial charge in [0.1, 0.15) is 0 Å². The summed E-state index contributed by atoms with van der Waals surface area (Å²) in [5, 5.41) is 0. The van der Waals surface area contributed by atoms with Crippen LogP contribution in [0.1, 0.15) is 12.8 Å². The molecule has 0 amide bonds. The lowest BCUT2D eigenvalue weighted by molar-refractivity contribution is -0.114. The van der Waals surface area contributed by atoms with Crippen LogP contribution in [0.2, 0.25) is 6.04 Å². The Bertz CT molecular complexity index is 112. The van der Waals surface area contributed by atoms with Crippen LogP contribution in [0.3, 0.4) is 0 Å². The highest BCUT2D eigenvalue weighted by molar-refractivity contribution is 6.26. The van der Waals surface area contributed by atoms with Crippen LogP contribution in [-0.2, 0) is 9.22 Å². The number of hydrogen-bond donors (Lipinski definition) is 0. The number of hydrogen-bond acceptors (Lipinski definition) is 2. The Morgan fingerprint density at radius 1 is 1.80 bits per heavy atom. The molecule has 0 saturated carbocycles. The van der Waals surface area contributed by atoms with Gasteiger partial charge in [-0.3, -0.25) is 4.79 Å². The molecule has 0 aliphatic rings. The SMILES string of the molecule is C=CC(=O)CCC[SiH2]OC. The van der Waals surface area contributed by atoms with Gasteiger partial charge in [-0.1, -0.05) is 6.58 Å². The molecule has 58 valence electrons.